The van der Waals surface area contributed by atoms with Gasteiger partial charge in [-0.15, -0.1) is 0 Å². The van der Waals surface area contributed by atoms with Gasteiger partial charge in [-0.1, -0.05) is 38.1 Å². The summed E-state index contributed by atoms with van der Waals surface area (Å²) in [7, 11) is 0. The van der Waals surface area contributed by atoms with E-state index < -0.39 is 0 Å². The molecule has 4 heteroatoms. The van der Waals surface area contributed by atoms with E-state index in [0.29, 0.717) is 6.04 Å². The van der Waals surface area contributed by atoms with E-state index in [1.807, 2.05) is 11.8 Å². The van der Waals surface area contributed by atoms with E-state index in [4.69, 9.17) is 0 Å². The molecule has 110 valence electrons. The van der Waals surface area contributed by atoms with E-state index in [-0.39, 0.29) is 0 Å². The number of aryl methyl sites for hydroxylation is 1. The van der Waals surface area contributed by atoms with Crippen molar-refractivity contribution < 1.29 is 0 Å². The molecule has 0 radical (unpaired) electrons. The van der Waals surface area contributed by atoms with Crippen LogP contribution in [0.3, 0.4) is 0 Å². The van der Waals surface area contributed by atoms with Gasteiger partial charge in [0.2, 0.25) is 0 Å². The van der Waals surface area contributed by atoms with Gasteiger partial charge < -0.3 is 10.3 Å². The average Bonchev–Trinajstić information content (AvgIpc) is 2.83. The van der Waals surface area contributed by atoms with Crippen molar-refractivity contribution in [2.75, 3.05) is 12.3 Å². The third-order valence-electron chi connectivity index (χ3n) is 3.36. The van der Waals surface area contributed by atoms with Gasteiger partial charge in [0.15, 0.2) is 5.16 Å². The summed E-state index contributed by atoms with van der Waals surface area (Å²) in [5.74, 6) is 1.08. The minimum absolute atomic E-state index is 0.583. The molecule has 1 heterocycles. The molecule has 0 saturated carbocycles. The fourth-order valence-corrected chi connectivity index (χ4v) is 3.28. The first kappa shape index (κ1) is 15.4. The number of H-pyrrole nitrogens is 1. The predicted octanol–water partition coefficient (Wildman–Crippen LogP) is 4.13. The minimum Gasteiger partial charge on any atom is -0.333 e. The lowest BCUT2D eigenvalue weighted by Gasteiger charge is -2.16. The first-order chi connectivity index (χ1) is 9.72. The summed E-state index contributed by atoms with van der Waals surface area (Å²) in [4.78, 5) is 8.06. The number of imidazole rings is 1. The van der Waals surface area contributed by atoms with Crippen LogP contribution in [0.25, 0.3) is 11.0 Å². The molecule has 0 aliphatic heterocycles. The van der Waals surface area contributed by atoms with E-state index in [1.165, 1.54) is 24.8 Å². The van der Waals surface area contributed by atoms with Gasteiger partial charge in [-0.05, 0) is 44.0 Å². The lowest BCUT2D eigenvalue weighted by atomic mass is 10.2. The monoisotopic (exact) mass is 291 g/mol. The van der Waals surface area contributed by atoms with Gasteiger partial charge in [0, 0.05) is 11.8 Å². The molecule has 0 saturated heterocycles. The Hall–Kier alpha value is -1.00. The fraction of sp³-hybridized carbons (Fsp3) is 0.562. The molecule has 2 N–H and O–H groups in total. The van der Waals surface area contributed by atoms with E-state index in [2.05, 4.69) is 54.3 Å². The molecule has 1 unspecified atom stereocenters. The maximum atomic E-state index is 4.65. The highest BCUT2D eigenvalue weighted by atomic mass is 32.2. The quantitative estimate of drug-likeness (QED) is 0.718. The van der Waals surface area contributed by atoms with Crippen LogP contribution in [0.5, 0.6) is 0 Å². The summed E-state index contributed by atoms with van der Waals surface area (Å²) in [5.41, 5.74) is 3.47. The second kappa shape index (κ2) is 7.70. The normalized spacial score (nSPS) is 12.9. The summed E-state index contributed by atoms with van der Waals surface area (Å²) in [6.45, 7) is 7.67. The van der Waals surface area contributed by atoms with Crippen molar-refractivity contribution in [2.45, 2.75) is 51.2 Å². The first-order valence-electron chi connectivity index (χ1n) is 7.55. The van der Waals surface area contributed by atoms with Crippen LogP contribution in [0.2, 0.25) is 0 Å². The predicted molar refractivity (Wildman–Crippen MR) is 88.5 cm³/mol. The molecule has 2 aromatic rings. The molecule has 0 amide bonds. The van der Waals surface area contributed by atoms with Crippen molar-refractivity contribution in [3.8, 4) is 0 Å². The Balaban J connectivity index is 1.96. The Morgan fingerprint density at radius 3 is 2.90 bits per heavy atom. The van der Waals surface area contributed by atoms with E-state index in [1.54, 1.807) is 0 Å². The zero-order valence-electron chi connectivity index (χ0n) is 12.7. The first-order valence-corrected chi connectivity index (χ1v) is 8.54. The minimum atomic E-state index is 0.583. The lowest BCUT2D eigenvalue weighted by molar-refractivity contribution is 0.514. The molecule has 1 aromatic heterocycles. The smallest absolute Gasteiger partial charge is 0.166 e. The van der Waals surface area contributed by atoms with Crippen LogP contribution >= 0.6 is 11.8 Å². The van der Waals surface area contributed by atoms with Crippen molar-refractivity contribution in [1.29, 1.82) is 0 Å². The van der Waals surface area contributed by atoms with Crippen LogP contribution in [0.4, 0.5) is 0 Å². The van der Waals surface area contributed by atoms with E-state index >= 15 is 0 Å². The van der Waals surface area contributed by atoms with Gasteiger partial charge in [0.05, 0.1) is 11.0 Å². The number of rotatable bonds is 8. The third kappa shape index (κ3) is 4.25. The molecule has 3 nitrogen and oxygen atoms in total. The van der Waals surface area contributed by atoms with Gasteiger partial charge in [-0.3, -0.25) is 0 Å². The van der Waals surface area contributed by atoms with Crippen LogP contribution < -0.4 is 5.32 Å². The van der Waals surface area contributed by atoms with Gasteiger partial charge in [-0.2, -0.15) is 0 Å². The number of aromatic amines is 1. The number of nitrogens with one attached hydrogen (secondary N) is 2. The molecule has 0 bridgehead atoms. The summed E-state index contributed by atoms with van der Waals surface area (Å²) < 4.78 is 0. The Morgan fingerprint density at radius 2 is 2.15 bits per heavy atom. The number of thioether (sulfide) groups is 1. The van der Waals surface area contributed by atoms with Crippen LogP contribution in [0.15, 0.2) is 23.4 Å². The summed E-state index contributed by atoms with van der Waals surface area (Å²) in [6, 6.07) is 6.94. The molecule has 0 aliphatic rings. The SMILES string of the molecule is CCCNC(CCC)CSc1nc2ccc(C)cc2[nH]1. The lowest BCUT2D eigenvalue weighted by Crippen LogP contribution is -2.31. The molecule has 0 spiro atoms. The Morgan fingerprint density at radius 1 is 1.30 bits per heavy atom. The highest BCUT2D eigenvalue weighted by Crippen LogP contribution is 2.21. The van der Waals surface area contributed by atoms with Gasteiger partial charge >= 0.3 is 0 Å². The molecular weight excluding hydrogens is 266 g/mol. The van der Waals surface area contributed by atoms with Crippen LogP contribution in [-0.4, -0.2) is 28.3 Å². The molecule has 20 heavy (non-hydrogen) atoms. The van der Waals surface area contributed by atoms with Crippen molar-refractivity contribution in [3.63, 3.8) is 0 Å². The van der Waals surface area contributed by atoms with Gasteiger partial charge in [0.1, 0.15) is 0 Å². The summed E-state index contributed by atoms with van der Waals surface area (Å²) in [5, 5.41) is 4.65. The van der Waals surface area contributed by atoms with Crippen molar-refractivity contribution in [3.05, 3.63) is 23.8 Å². The Kier molecular flexibility index (Phi) is 5.92. The highest BCUT2D eigenvalue weighted by molar-refractivity contribution is 7.99. The third-order valence-corrected chi connectivity index (χ3v) is 4.39. The van der Waals surface area contributed by atoms with Crippen molar-refractivity contribution >= 4 is 22.8 Å². The zero-order chi connectivity index (χ0) is 14.4. The second-order valence-corrected chi connectivity index (χ2v) is 6.32. The molecule has 2 rings (SSSR count). The Bertz CT molecular complexity index is 536. The number of aromatic nitrogens is 2. The molecule has 0 fully saturated rings. The number of hydrogen-bond acceptors (Lipinski definition) is 3. The van der Waals surface area contributed by atoms with Crippen molar-refractivity contribution in [2.24, 2.45) is 0 Å². The summed E-state index contributed by atoms with van der Waals surface area (Å²) in [6.07, 6.45) is 3.64. The van der Waals surface area contributed by atoms with E-state index in [9.17, 15) is 0 Å². The second-order valence-electron chi connectivity index (χ2n) is 5.31. The zero-order valence-corrected chi connectivity index (χ0v) is 13.5. The van der Waals surface area contributed by atoms with Crippen molar-refractivity contribution in [1.82, 2.24) is 15.3 Å². The number of hydrogen-bond donors (Lipinski definition) is 2. The largest absolute Gasteiger partial charge is 0.333 e. The number of fused-ring (bicyclic) bond motifs is 1. The maximum Gasteiger partial charge on any atom is 0.166 e. The molecule has 1 atom stereocenters. The molecular formula is C16H25N3S. The number of nitrogens with zero attached hydrogens (tertiary/aromatic N) is 1. The fourth-order valence-electron chi connectivity index (χ4n) is 2.29. The molecule has 0 aliphatic carbocycles. The summed E-state index contributed by atoms with van der Waals surface area (Å²) >= 11 is 1.82. The van der Waals surface area contributed by atoms with Gasteiger partial charge in [-0.25, -0.2) is 4.98 Å². The molecule has 1 aromatic carbocycles. The Labute approximate surface area is 125 Å². The topological polar surface area (TPSA) is 40.7 Å². The van der Waals surface area contributed by atoms with E-state index in [0.717, 1.165) is 28.5 Å². The van der Waals surface area contributed by atoms with Crippen LogP contribution in [0, 0.1) is 6.92 Å². The number of benzene rings is 1. The standard InChI is InChI=1S/C16H25N3S/c1-4-6-13(17-9-5-2)11-20-16-18-14-8-7-12(3)10-15(14)19-16/h7-8,10,13,17H,4-6,9,11H2,1-3H3,(H,18,19). The average molecular weight is 291 g/mol. The van der Waals surface area contributed by atoms with Gasteiger partial charge in [0.25, 0.3) is 0 Å². The van der Waals surface area contributed by atoms with Crippen LogP contribution in [-0.2, 0) is 0 Å². The maximum absolute atomic E-state index is 4.65. The highest BCUT2D eigenvalue weighted by Gasteiger charge is 2.09. The van der Waals surface area contributed by atoms with Crippen LogP contribution in [0.1, 0.15) is 38.7 Å².